The van der Waals surface area contributed by atoms with E-state index in [4.69, 9.17) is 14.5 Å². The summed E-state index contributed by atoms with van der Waals surface area (Å²) >= 11 is 1.48. The second-order valence-corrected chi connectivity index (χ2v) is 8.87. The van der Waals surface area contributed by atoms with Crippen LogP contribution in [0.1, 0.15) is 21.5 Å². The Morgan fingerprint density at radius 3 is 2.54 bits per heavy atom. The van der Waals surface area contributed by atoms with Gasteiger partial charge in [-0.1, -0.05) is 36.0 Å². The van der Waals surface area contributed by atoms with Gasteiger partial charge < -0.3 is 14.8 Å². The van der Waals surface area contributed by atoms with Gasteiger partial charge in [0.25, 0.3) is 11.5 Å². The molecule has 1 heterocycles. The highest BCUT2D eigenvalue weighted by atomic mass is 32.2. The van der Waals surface area contributed by atoms with Crippen molar-refractivity contribution in [1.82, 2.24) is 14.9 Å². The molecule has 1 amide bonds. The van der Waals surface area contributed by atoms with Crippen molar-refractivity contribution in [3.05, 3.63) is 93.8 Å². The van der Waals surface area contributed by atoms with Crippen molar-refractivity contribution >= 4 is 28.6 Å². The molecule has 0 aliphatic heterocycles. The molecule has 7 nitrogen and oxygen atoms in total. The van der Waals surface area contributed by atoms with Crippen molar-refractivity contribution in [3.63, 3.8) is 0 Å². The van der Waals surface area contributed by atoms with Crippen LogP contribution in [0.25, 0.3) is 16.6 Å². The number of rotatable bonds is 9. The van der Waals surface area contributed by atoms with E-state index in [2.05, 4.69) is 24.4 Å². The van der Waals surface area contributed by atoms with Gasteiger partial charge in [-0.15, -0.1) is 0 Å². The van der Waals surface area contributed by atoms with E-state index in [1.54, 1.807) is 37.0 Å². The number of hydrogen-bond donors (Lipinski definition) is 1. The van der Waals surface area contributed by atoms with Gasteiger partial charge in [-0.2, -0.15) is 0 Å². The number of fused-ring (bicyclic) bond motifs is 1. The zero-order valence-electron chi connectivity index (χ0n) is 19.9. The number of benzene rings is 3. The lowest BCUT2D eigenvalue weighted by Gasteiger charge is -2.15. The normalized spacial score (nSPS) is 10.9. The van der Waals surface area contributed by atoms with E-state index >= 15 is 0 Å². The summed E-state index contributed by atoms with van der Waals surface area (Å²) in [6, 6.07) is 20.4. The van der Waals surface area contributed by atoms with Crippen LogP contribution < -0.4 is 15.6 Å². The molecule has 0 atom stereocenters. The van der Waals surface area contributed by atoms with Crippen molar-refractivity contribution in [3.8, 4) is 11.4 Å². The molecule has 4 aromatic rings. The zero-order valence-corrected chi connectivity index (χ0v) is 20.7. The van der Waals surface area contributed by atoms with Crippen molar-refractivity contribution in [2.24, 2.45) is 0 Å². The van der Waals surface area contributed by atoms with E-state index in [0.717, 1.165) is 0 Å². The van der Waals surface area contributed by atoms with Crippen molar-refractivity contribution in [2.75, 3.05) is 27.4 Å². The average molecular weight is 490 g/mol. The van der Waals surface area contributed by atoms with Crippen LogP contribution in [0.15, 0.2) is 76.7 Å². The molecule has 0 aliphatic rings. The first-order valence-electron chi connectivity index (χ1n) is 11.2. The molecule has 0 aliphatic carbocycles. The number of thioether (sulfide) groups is 1. The Balaban J connectivity index is 1.78. The third-order valence-electron chi connectivity index (χ3n) is 5.64. The van der Waals surface area contributed by atoms with Gasteiger partial charge in [0.15, 0.2) is 5.16 Å². The molecular weight excluding hydrogens is 462 g/mol. The summed E-state index contributed by atoms with van der Waals surface area (Å²) in [5, 5.41) is 3.79. The molecule has 3 aromatic carbocycles. The number of ether oxygens (including phenoxy) is 2. The van der Waals surface area contributed by atoms with Crippen LogP contribution >= 0.6 is 11.8 Å². The zero-order chi connectivity index (χ0) is 24.8. The number of aryl methyl sites for hydroxylation is 1. The molecule has 35 heavy (non-hydrogen) atoms. The van der Waals surface area contributed by atoms with Crippen LogP contribution in [0, 0.1) is 6.92 Å². The molecule has 0 saturated heterocycles. The van der Waals surface area contributed by atoms with Gasteiger partial charge in [-0.05, 0) is 60.5 Å². The number of amides is 1. The molecule has 0 bridgehead atoms. The van der Waals surface area contributed by atoms with Gasteiger partial charge in [0.05, 0.1) is 30.3 Å². The Morgan fingerprint density at radius 1 is 1.06 bits per heavy atom. The molecule has 8 heteroatoms. The summed E-state index contributed by atoms with van der Waals surface area (Å²) in [4.78, 5) is 31.0. The van der Waals surface area contributed by atoms with Gasteiger partial charge in [0.2, 0.25) is 0 Å². The topological polar surface area (TPSA) is 82.5 Å². The maximum absolute atomic E-state index is 13.6. The van der Waals surface area contributed by atoms with Gasteiger partial charge in [-0.3, -0.25) is 14.2 Å². The SMILES string of the molecule is COCCNC(=O)c1ccc2c(=O)n(-c3ccc(OC)cc3)c(SCc3ccccc3C)nc2c1. The number of carbonyl (C=O) groups excluding carboxylic acids is 1. The third kappa shape index (κ3) is 5.55. The number of methoxy groups -OCH3 is 2. The Morgan fingerprint density at radius 2 is 1.83 bits per heavy atom. The molecular formula is C27H27N3O4S. The van der Waals surface area contributed by atoms with E-state index in [1.807, 2.05) is 36.4 Å². The maximum atomic E-state index is 13.6. The first-order chi connectivity index (χ1) is 17.0. The number of nitrogens with one attached hydrogen (secondary N) is 1. The Labute approximate surface area is 208 Å². The first kappa shape index (κ1) is 24.5. The predicted octanol–water partition coefficient (Wildman–Crippen LogP) is 4.37. The van der Waals surface area contributed by atoms with Crippen LogP contribution in [0.2, 0.25) is 0 Å². The largest absolute Gasteiger partial charge is 0.497 e. The number of nitrogens with zero attached hydrogens (tertiary/aromatic N) is 2. The molecule has 0 fully saturated rings. The summed E-state index contributed by atoms with van der Waals surface area (Å²) in [6.45, 7) is 2.88. The van der Waals surface area contributed by atoms with Crippen LogP contribution in [0.4, 0.5) is 0 Å². The third-order valence-corrected chi connectivity index (χ3v) is 6.63. The highest BCUT2D eigenvalue weighted by Crippen LogP contribution is 2.27. The van der Waals surface area contributed by atoms with Gasteiger partial charge >= 0.3 is 0 Å². The van der Waals surface area contributed by atoms with Crippen LogP contribution in [-0.2, 0) is 10.5 Å². The Bertz CT molecular complexity index is 1400. The van der Waals surface area contributed by atoms with E-state index in [9.17, 15) is 9.59 Å². The lowest BCUT2D eigenvalue weighted by atomic mass is 10.1. The maximum Gasteiger partial charge on any atom is 0.266 e. The fourth-order valence-electron chi connectivity index (χ4n) is 3.65. The van der Waals surface area contributed by atoms with Gasteiger partial charge in [0.1, 0.15) is 5.75 Å². The lowest BCUT2D eigenvalue weighted by Crippen LogP contribution is -2.27. The molecule has 180 valence electrons. The molecule has 0 saturated carbocycles. The number of carbonyl (C=O) groups is 1. The Kier molecular flexibility index (Phi) is 7.84. The van der Waals surface area contributed by atoms with E-state index < -0.39 is 0 Å². The number of aromatic nitrogens is 2. The molecule has 0 radical (unpaired) electrons. The van der Waals surface area contributed by atoms with Crippen molar-refractivity contribution < 1.29 is 14.3 Å². The molecule has 0 spiro atoms. The molecule has 1 aromatic heterocycles. The fourth-order valence-corrected chi connectivity index (χ4v) is 4.73. The second-order valence-electron chi connectivity index (χ2n) is 7.93. The van der Waals surface area contributed by atoms with Gasteiger partial charge in [0, 0.05) is 25.0 Å². The van der Waals surface area contributed by atoms with E-state index in [0.29, 0.717) is 52.0 Å². The van der Waals surface area contributed by atoms with Gasteiger partial charge in [-0.25, -0.2) is 4.98 Å². The Hall–Kier alpha value is -3.62. The minimum absolute atomic E-state index is 0.196. The van der Waals surface area contributed by atoms with Crippen LogP contribution in [0.3, 0.4) is 0 Å². The summed E-state index contributed by atoms with van der Waals surface area (Å²) in [5.41, 5.74) is 3.76. The second kappa shape index (κ2) is 11.2. The standard InChI is InChI=1S/C27H27N3O4S/c1-18-6-4-5-7-20(18)17-35-27-29-24-16-19(25(31)28-14-15-33-2)8-13-23(24)26(32)30(27)21-9-11-22(34-3)12-10-21/h4-13,16H,14-15,17H2,1-3H3,(H,28,31). The molecule has 0 unspecified atom stereocenters. The molecule has 1 N–H and O–H groups in total. The van der Waals surface area contributed by atoms with Crippen molar-refractivity contribution in [2.45, 2.75) is 17.8 Å². The summed E-state index contributed by atoms with van der Waals surface area (Å²) in [6.07, 6.45) is 0. The highest BCUT2D eigenvalue weighted by molar-refractivity contribution is 7.98. The quantitative estimate of drug-likeness (QED) is 0.214. The smallest absolute Gasteiger partial charge is 0.266 e. The molecule has 4 rings (SSSR count). The van der Waals surface area contributed by atoms with Crippen LogP contribution in [0.5, 0.6) is 5.75 Å². The average Bonchev–Trinajstić information content (AvgIpc) is 2.88. The lowest BCUT2D eigenvalue weighted by molar-refractivity contribution is 0.0937. The minimum Gasteiger partial charge on any atom is -0.497 e. The monoisotopic (exact) mass is 489 g/mol. The first-order valence-corrected chi connectivity index (χ1v) is 12.2. The predicted molar refractivity (Wildman–Crippen MR) is 139 cm³/mol. The fraction of sp³-hybridized carbons (Fsp3) is 0.222. The number of hydrogen-bond acceptors (Lipinski definition) is 6. The summed E-state index contributed by atoms with van der Waals surface area (Å²) < 4.78 is 11.9. The van der Waals surface area contributed by atoms with E-state index in [1.165, 1.54) is 22.9 Å². The van der Waals surface area contributed by atoms with Crippen molar-refractivity contribution in [1.29, 1.82) is 0 Å². The highest BCUT2D eigenvalue weighted by Gasteiger charge is 2.16. The van der Waals surface area contributed by atoms with E-state index in [-0.39, 0.29) is 11.5 Å². The van der Waals surface area contributed by atoms with Crippen LogP contribution in [-0.4, -0.2) is 42.8 Å². The summed E-state index contributed by atoms with van der Waals surface area (Å²) in [7, 11) is 3.18. The minimum atomic E-state index is -0.237. The summed E-state index contributed by atoms with van der Waals surface area (Å²) in [5.74, 6) is 1.12.